The molecular weight excluding hydrogens is 547 g/mol. The number of nitrogens with two attached hydrogens (primary N) is 1. The third kappa shape index (κ3) is 6.82. The fraction of sp³-hybridized carbons (Fsp3) is 0.400. The minimum atomic E-state index is -5.08. The van der Waals surface area contributed by atoms with E-state index in [-0.39, 0.29) is 24.4 Å². The number of rotatable bonds is 8. The number of carboxylic acid groups (broad SMARTS) is 2. The van der Waals surface area contributed by atoms with Crippen LogP contribution in [0.1, 0.15) is 12.7 Å². The highest BCUT2D eigenvalue weighted by molar-refractivity contribution is 8.00. The van der Waals surface area contributed by atoms with Crippen molar-refractivity contribution in [3.05, 3.63) is 35.4 Å². The van der Waals surface area contributed by atoms with Gasteiger partial charge in [-0.1, -0.05) is 0 Å². The van der Waals surface area contributed by atoms with Gasteiger partial charge in [0.25, 0.3) is 11.6 Å². The van der Waals surface area contributed by atoms with Crippen LogP contribution in [0, 0.1) is 0 Å². The number of esters is 2. The average Bonchev–Trinajstić information content (AvgIpc) is 3.33. The molecule has 1 aromatic heterocycles. The van der Waals surface area contributed by atoms with Crippen molar-refractivity contribution >= 4 is 47.5 Å². The van der Waals surface area contributed by atoms with E-state index in [0.717, 1.165) is 16.7 Å². The Bertz CT molecular complexity index is 1150. The number of amides is 2. The molecule has 3 rings (SSSR count). The number of β-lactam (4-membered cyclic amide) rings is 1. The van der Waals surface area contributed by atoms with Gasteiger partial charge in [0.05, 0.1) is 19.2 Å². The summed E-state index contributed by atoms with van der Waals surface area (Å²) in [4.78, 5) is 70.2. The smallest absolute Gasteiger partial charge is 0.477 e. The maximum atomic E-state index is 13.1. The standard InChI is InChI=1S/C18H19N3O9S.C2HF3O2/c1-9(22)29-7-10-8-31-17-18(30-13(24)6-19,16(27)21(17)14(10)15(25)26)20-12(23)5-11-3-2-4-28-11;3-2(4,5)1(6)7/h2-4,17H,5-8,19H2,1H3,(H,20,23)(H,25,26);(H,6,7)/t17-,18+;/m1./s1. The van der Waals surface area contributed by atoms with Crippen molar-refractivity contribution in [3.63, 3.8) is 0 Å². The summed E-state index contributed by atoms with van der Waals surface area (Å²) in [6.45, 7) is 0.293. The first-order valence-electron chi connectivity index (χ1n) is 10.2. The van der Waals surface area contributed by atoms with E-state index in [9.17, 15) is 42.3 Å². The molecule has 2 atom stereocenters. The number of nitrogens with zero attached hydrogens (tertiary/aromatic N) is 1. The molecule has 1 aromatic rings. The van der Waals surface area contributed by atoms with Crippen LogP contribution in [0.2, 0.25) is 0 Å². The summed E-state index contributed by atoms with van der Waals surface area (Å²) in [6.07, 6.45) is -3.95. The van der Waals surface area contributed by atoms with Crippen LogP contribution >= 0.6 is 11.8 Å². The van der Waals surface area contributed by atoms with Crippen molar-refractivity contribution in [2.24, 2.45) is 5.73 Å². The van der Waals surface area contributed by atoms with Crippen molar-refractivity contribution in [1.29, 1.82) is 0 Å². The molecule has 0 aliphatic carbocycles. The van der Waals surface area contributed by atoms with E-state index >= 15 is 0 Å². The molecule has 14 nitrogen and oxygen atoms in total. The molecule has 0 spiro atoms. The topological polar surface area (TPSA) is 216 Å². The summed E-state index contributed by atoms with van der Waals surface area (Å²) < 4.78 is 46.9. The fourth-order valence-electron chi connectivity index (χ4n) is 3.17. The second-order valence-electron chi connectivity index (χ2n) is 7.40. The second kappa shape index (κ2) is 12.0. The summed E-state index contributed by atoms with van der Waals surface area (Å²) in [5.41, 5.74) is 2.96. The fourth-order valence-corrected chi connectivity index (χ4v) is 4.54. The van der Waals surface area contributed by atoms with Gasteiger partial charge in [-0.25, -0.2) is 9.59 Å². The lowest BCUT2D eigenvalue weighted by atomic mass is 9.97. The summed E-state index contributed by atoms with van der Waals surface area (Å²) in [5, 5.41) is 18.1. The van der Waals surface area contributed by atoms with Crippen molar-refractivity contribution in [3.8, 4) is 0 Å². The van der Waals surface area contributed by atoms with Crippen molar-refractivity contribution in [2.45, 2.75) is 30.6 Å². The van der Waals surface area contributed by atoms with Gasteiger partial charge in [-0.05, 0) is 12.1 Å². The molecular formula is C20H20F3N3O11S. The third-order valence-electron chi connectivity index (χ3n) is 4.69. The van der Waals surface area contributed by atoms with Crippen molar-refractivity contribution in [2.75, 3.05) is 18.9 Å². The van der Waals surface area contributed by atoms with E-state index in [1.807, 2.05) is 0 Å². The largest absolute Gasteiger partial charge is 0.490 e. The van der Waals surface area contributed by atoms with Gasteiger partial charge in [0, 0.05) is 18.2 Å². The van der Waals surface area contributed by atoms with Crippen LogP contribution in [0.3, 0.4) is 0 Å². The molecule has 18 heteroatoms. The zero-order chi connectivity index (χ0) is 28.8. The Balaban J connectivity index is 0.000000638. The van der Waals surface area contributed by atoms with E-state index in [2.05, 4.69) is 5.32 Å². The molecule has 208 valence electrons. The third-order valence-corrected chi connectivity index (χ3v) is 6.06. The van der Waals surface area contributed by atoms with Crippen LogP contribution in [-0.4, -0.2) is 87.0 Å². The van der Waals surface area contributed by atoms with E-state index in [1.165, 1.54) is 13.2 Å². The first kappa shape index (κ1) is 30.2. The number of thioether (sulfide) groups is 1. The monoisotopic (exact) mass is 567 g/mol. The lowest BCUT2D eigenvalue weighted by Crippen LogP contribution is -2.81. The van der Waals surface area contributed by atoms with Gasteiger partial charge in [-0.2, -0.15) is 13.2 Å². The number of hydrogen-bond donors (Lipinski definition) is 4. The van der Waals surface area contributed by atoms with Crippen LogP contribution < -0.4 is 11.1 Å². The van der Waals surface area contributed by atoms with E-state index < -0.39 is 65.2 Å². The normalized spacial score (nSPS) is 20.3. The number of carbonyl (C=O) groups is 6. The van der Waals surface area contributed by atoms with Crippen molar-refractivity contribution < 1.29 is 66.0 Å². The zero-order valence-electron chi connectivity index (χ0n) is 19.3. The number of hydrogen-bond acceptors (Lipinski definition) is 11. The summed E-state index contributed by atoms with van der Waals surface area (Å²) >= 11 is 1.04. The molecule has 0 radical (unpaired) electrons. The maximum Gasteiger partial charge on any atom is 0.490 e. The van der Waals surface area contributed by atoms with Gasteiger partial charge in [0.2, 0.25) is 5.91 Å². The summed E-state index contributed by atoms with van der Waals surface area (Å²) in [7, 11) is 0. The number of carbonyl (C=O) groups excluding carboxylic acids is 4. The van der Waals surface area contributed by atoms with Crippen LogP contribution in [0.5, 0.6) is 0 Å². The Kier molecular flexibility index (Phi) is 9.52. The molecule has 0 aromatic carbocycles. The Labute approximate surface area is 214 Å². The molecule has 2 aliphatic heterocycles. The minimum Gasteiger partial charge on any atom is -0.477 e. The molecule has 38 heavy (non-hydrogen) atoms. The number of carboxylic acids is 2. The highest BCUT2D eigenvalue weighted by Crippen LogP contribution is 2.47. The Morgan fingerprint density at radius 1 is 1.29 bits per heavy atom. The average molecular weight is 567 g/mol. The lowest BCUT2D eigenvalue weighted by molar-refractivity contribution is -0.202. The number of halogens is 3. The zero-order valence-corrected chi connectivity index (χ0v) is 20.1. The number of ether oxygens (including phenoxy) is 2. The van der Waals surface area contributed by atoms with Gasteiger partial charge in [0.1, 0.15) is 18.1 Å². The Morgan fingerprint density at radius 3 is 2.39 bits per heavy atom. The molecule has 2 amide bonds. The van der Waals surface area contributed by atoms with Crippen LogP contribution in [0.15, 0.2) is 34.1 Å². The van der Waals surface area contributed by atoms with Crippen molar-refractivity contribution in [1.82, 2.24) is 10.2 Å². The SMILES string of the molecule is CC(=O)OCC1=C(C(=O)O)N2C(=O)[C@](NC(=O)Cc3ccco3)(OC(=O)CN)[C@H]2SC1.O=C(O)C(F)(F)F. The summed E-state index contributed by atoms with van der Waals surface area (Å²) in [6, 6.07) is 3.13. The maximum absolute atomic E-state index is 13.1. The molecule has 2 aliphatic rings. The minimum absolute atomic E-state index is 0.0549. The molecule has 5 N–H and O–H groups in total. The van der Waals surface area contributed by atoms with Gasteiger partial charge in [-0.3, -0.25) is 24.1 Å². The number of fused-ring (bicyclic) bond motifs is 1. The van der Waals surface area contributed by atoms with E-state index in [1.54, 1.807) is 12.1 Å². The van der Waals surface area contributed by atoms with Gasteiger partial charge in [0.15, 0.2) is 5.37 Å². The predicted octanol–water partition coefficient (Wildman–Crippen LogP) is -0.413. The number of alkyl halides is 3. The Hall–Kier alpha value is -4.06. The lowest BCUT2D eigenvalue weighted by Gasteiger charge is -2.55. The number of nitrogens with one attached hydrogen (secondary N) is 1. The predicted molar refractivity (Wildman–Crippen MR) is 117 cm³/mol. The van der Waals surface area contributed by atoms with E-state index in [4.69, 9.17) is 29.5 Å². The molecule has 0 bridgehead atoms. The van der Waals surface area contributed by atoms with Gasteiger partial charge < -0.3 is 35.2 Å². The highest BCUT2D eigenvalue weighted by Gasteiger charge is 2.68. The van der Waals surface area contributed by atoms with E-state index in [0.29, 0.717) is 5.76 Å². The molecule has 3 heterocycles. The first-order valence-corrected chi connectivity index (χ1v) is 11.3. The van der Waals surface area contributed by atoms with Crippen LogP contribution in [0.25, 0.3) is 0 Å². The highest BCUT2D eigenvalue weighted by atomic mass is 32.2. The number of furan rings is 1. The molecule has 1 fully saturated rings. The van der Waals surface area contributed by atoms with Gasteiger partial charge >= 0.3 is 30.1 Å². The van der Waals surface area contributed by atoms with Crippen LogP contribution in [0.4, 0.5) is 13.2 Å². The first-order chi connectivity index (χ1) is 17.6. The van der Waals surface area contributed by atoms with Gasteiger partial charge in [-0.15, -0.1) is 11.8 Å². The quantitative estimate of drug-likeness (QED) is 0.179. The second-order valence-corrected chi connectivity index (χ2v) is 8.47. The molecule has 0 saturated carbocycles. The molecule has 0 unspecified atom stereocenters. The number of aliphatic carboxylic acids is 2. The Morgan fingerprint density at radius 2 is 1.92 bits per heavy atom. The molecule has 1 saturated heterocycles. The summed E-state index contributed by atoms with van der Waals surface area (Å²) in [5.74, 6) is -7.04. The van der Waals surface area contributed by atoms with Crippen LogP contribution in [-0.2, 0) is 44.7 Å².